The normalized spacial score (nSPS) is 15.6. The van der Waals surface area contributed by atoms with E-state index in [1.54, 1.807) is 55.4 Å². The molecule has 0 aromatic carbocycles. The van der Waals surface area contributed by atoms with E-state index in [4.69, 9.17) is 40.1 Å². The van der Waals surface area contributed by atoms with Crippen LogP contribution >= 0.6 is 0 Å². The maximum absolute atomic E-state index is 14.6. The van der Waals surface area contributed by atoms with Crippen molar-refractivity contribution in [1.82, 2.24) is 90.4 Å². The van der Waals surface area contributed by atoms with Crippen LogP contribution in [0.25, 0.3) is 0 Å². The molecule has 0 spiro atoms. The number of hydrogen-bond acceptors (Lipinski definition) is 24. The number of primary amides is 1. The zero-order valence-corrected chi connectivity index (χ0v) is 84.7. The van der Waals surface area contributed by atoms with Gasteiger partial charge in [-0.15, -0.1) is 0 Å². The molecule has 42 heteroatoms. The van der Waals surface area contributed by atoms with E-state index in [2.05, 4.69) is 90.4 Å². The highest BCUT2D eigenvalue weighted by Crippen LogP contribution is 2.19. The Morgan fingerprint density at radius 2 is 0.304 bits per heavy atom. The second kappa shape index (κ2) is 67.4. The van der Waals surface area contributed by atoms with Crippen LogP contribution in [0.15, 0.2) is 0 Å². The van der Waals surface area contributed by atoms with Gasteiger partial charge in [-0.3, -0.25) is 86.3 Å². The van der Waals surface area contributed by atoms with Gasteiger partial charge in [-0.25, -0.2) is 0 Å². The van der Waals surface area contributed by atoms with Crippen molar-refractivity contribution in [3.05, 3.63) is 0 Å². The van der Waals surface area contributed by atoms with Crippen LogP contribution in [0.5, 0.6) is 0 Å². The third kappa shape index (κ3) is 52.9. The van der Waals surface area contributed by atoms with Gasteiger partial charge in [0, 0.05) is 0 Å². The molecule has 18 atom stereocenters. The van der Waals surface area contributed by atoms with Gasteiger partial charge in [-0.2, -0.15) is 0 Å². The topological polar surface area (TPSA) is 694 Å². The van der Waals surface area contributed by atoms with Gasteiger partial charge in [0.05, 0.1) is 6.04 Å². The third-order valence-electron chi connectivity index (χ3n) is 22.1. The van der Waals surface area contributed by atoms with Gasteiger partial charge in [0.25, 0.3) is 0 Å². The lowest BCUT2D eigenvalue weighted by Crippen LogP contribution is -2.61. The second-order valence-electron chi connectivity index (χ2n) is 39.4. The number of hydrogen-bond donors (Lipinski definition) is 24. The average molecular weight is 1920 g/mol. The summed E-state index contributed by atoms with van der Waals surface area (Å²) < 4.78 is 0. The largest absolute Gasteiger partial charge is 0.368 e. The fraction of sp³-hybridized carbons (Fsp3) is 0.806. The van der Waals surface area contributed by atoms with Gasteiger partial charge < -0.3 is 131 Å². The first-order valence-corrected chi connectivity index (χ1v) is 48.9. The molecule has 0 bridgehead atoms. The first kappa shape index (κ1) is 125. The summed E-state index contributed by atoms with van der Waals surface area (Å²) in [5.74, 6) is -15.0. The van der Waals surface area contributed by atoms with Crippen LogP contribution in [-0.2, 0) is 86.3 Å². The van der Waals surface area contributed by atoms with E-state index in [-0.39, 0.29) is 151 Å². The molecule has 0 saturated heterocycles. The number of unbranched alkanes of at least 4 members (excludes halogenated alkanes) is 5. The van der Waals surface area contributed by atoms with Crippen molar-refractivity contribution in [2.45, 2.75) is 402 Å². The van der Waals surface area contributed by atoms with Crippen molar-refractivity contribution in [3.63, 3.8) is 0 Å². The molecular formula is C93H176N24O18. The minimum Gasteiger partial charge on any atom is -0.368 e. The van der Waals surface area contributed by atoms with Gasteiger partial charge in [0.15, 0.2) is 0 Å². The van der Waals surface area contributed by atoms with E-state index >= 15 is 0 Å². The van der Waals surface area contributed by atoms with E-state index < -0.39 is 215 Å². The molecule has 0 rings (SSSR count). The molecule has 0 aliphatic heterocycles. The van der Waals surface area contributed by atoms with Gasteiger partial charge in [0.1, 0.15) is 103 Å². The maximum atomic E-state index is 14.6. The molecule has 0 fully saturated rings. The molecule has 0 radical (unpaired) electrons. The van der Waals surface area contributed by atoms with Crippen LogP contribution in [0.2, 0.25) is 0 Å². The fourth-order valence-corrected chi connectivity index (χ4v) is 14.6. The molecule has 0 aliphatic carbocycles. The van der Waals surface area contributed by atoms with Crippen LogP contribution in [0, 0.1) is 47.3 Å². The zero-order valence-electron chi connectivity index (χ0n) is 84.7. The highest BCUT2D eigenvalue weighted by atomic mass is 16.2. The number of rotatable bonds is 71. The third-order valence-corrected chi connectivity index (χ3v) is 22.1. The average Bonchev–Trinajstić information content (AvgIpc) is 0.860. The molecule has 42 nitrogen and oxygen atoms in total. The van der Waals surface area contributed by atoms with Crippen molar-refractivity contribution in [3.8, 4) is 0 Å². The molecule has 0 aromatic rings. The molecule has 0 heterocycles. The van der Waals surface area contributed by atoms with Crippen LogP contribution in [0.4, 0.5) is 0 Å². The van der Waals surface area contributed by atoms with Gasteiger partial charge >= 0.3 is 0 Å². The van der Waals surface area contributed by atoms with E-state index in [1.165, 1.54) is 34.6 Å². The summed E-state index contributed by atoms with van der Waals surface area (Å²) in [4.78, 5) is 253. The Morgan fingerprint density at radius 3 is 0.474 bits per heavy atom. The van der Waals surface area contributed by atoms with Crippen molar-refractivity contribution in [2.75, 3.05) is 32.7 Å². The number of amides is 18. The summed E-state index contributed by atoms with van der Waals surface area (Å²) in [7, 11) is 0. The summed E-state index contributed by atoms with van der Waals surface area (Å²) in [6.07, 6.45) is 5.85. The molecule has 0 unspecified atom stereocenters. The van der Waals surface area contributed by atoms with Crippen LogP contribution in [0.1, 0.15) is 293 Å². The molecular weight excluding hydrogens is 1740 g/mol. The lowest BCUT2D eigenvalue weighted by atomic mass is 9.99. The number of nitrogens with one attached hydrogen (secondary N) is 17. The first-order chi connectivity index (χ1) is 63.2. The predicted molar refractivity (Wildman–Crippen MR) is 519 cm³/mol. The summed E-state index contributed by atoms with van der Waals surface area (Å²) in [5.41, 5.74) is 40.4. The molecule has 776 valence electrons. The molecule has 18 amide bonds. The summed E-state index contributed by atoms with van der Waals surface area (Å²) >= 11 is 0. The lowest BCUT2D eigenvalue weighted by Gasteiger charge is -2.29. The first-order valence-electron chi connectivity index (χ1n) is 48.9. The summed E-state index contributed by atoms with van der Waals surface area (Å²) in [6, 6.07) is -22.0. The Kier molecular flexibility index (Phi) is 62.6. The van der Waals surface area contributed by atoms with E-state index in [0.717, 1.165) is 0 Å². The quantitative estimate of drug-likeness (QED) is 0.0330. The molecule has 135 heavy (non-hydrogen) atoms. The summed E-state index contributed by atoms with van der Waals surface area (Å²) in [5, 5.41) is 46.0. The van der Waals surface area contributed by atoms with Crippen molar-refractivity contribution >= 4 is 106 Å². The molecule has 31 N–H and O–H groups in total. The Labute approximate surface area is 801 Å². The van der Waals surface area contributed by atoms with Gasteiger partial charge in [-0.1, -0.05) is 117 Å². The van der Waals surface area contributed by atoms with Gasteiger partial charge in [-0.05, 0) is 256 Å². The lowest BCUT2D eigenvalue weighted by molar-refractivity contribution is -0.136. The van der Waals surface area contributed by atoms with E-state index in [0.29, 0.717) is 77.2 Å². The smallest absolute Gasteiger partial charge is 0.243 e. The van der Waals surface area contributed by atoms with Crippen LogP contribution in [0.3, 0.4) is 0 Å². The predicted octanol–water partition coefficient (Wildman–Crippen LogP) is -0.846. The molecule has 0 saturated carbocycles. The number of carbonyl (C=O) groups is 18. The number of nitrogens with two attached hydrogens (primary N) is 7. The molecule has 0 aromatic heterocycles. The highest BCUT2D eigenvalue weighted by molar-refractivity contribution is 6.01. The monoisotopic (exact) mass is 1920 g/mol. The van der Waals surface area contributed by atoms with E-state index in [9.17, 15) is 86.3 Å². The maximum Gasteiger partial charge on any atom is 0.243 e. The van der Waals surface area contributed by atoms with Crippen LogP contribution in [-0.4, -0.2) is 248 Å². The second-order valence-corrected chi connectivity index (χ2v) is 39.4. The fourth-order valence-electron chi connectivity index (χ4n) is 14.6. The minimum absolute atomic E-state index is 0.0385. The Balaban J connectivity index is 6.85. The summed E-state index contributed by atoms with van der Waals surface area (Å²) in [6.45, 7) is 37.4. The van der Waals surface area contributed by atoms with E-state index in [1.807, 2.05) is 55.4 Å². The molecule has 0 aliphatic rings. The Hall–Kier alpha value is -9.78. The standard InChI is InChI=1S/C93H176N24O18/c1-50(2)42-68(110-79(121)61(20)105-88(130)70(44-52(5)6)114-84(126)66(35-25-30-40-97)109-92(134)75(49-57(15)16)116-85(127)67(36-26-31-41-98)107-90(132)72(46-54(9)10)111-78(120)59(18)102-81(123)63(99)32-22-27-37-94)87(129)104-62(21)80(122)112-73(47-55(11)12)93(135)117-71(45-53(7)8)89(131)103-60(19)77(119)106-64(33-23-28-38-95)82(124)115-74(48-56(13)14)91(133)108-65(34-24-29-39-96)83(125)113-69(43-51(3)4)86(128)101-58(17)76(100)118/h50-75H,22-49,94-99H2,1-21H3,(H2,100,118)(H,101,128)(H,102,123)(H,103,131)(H,104,129)(H,105,130)(H,106,119)(H,107,132)(H,108,133)(H,109,134)(H,110,121)(H,111,120)(H,112,122)(H,113,125)(H,114,126)(H,115,124)(H,116,127)(H,117,135)/t58-,59-,60-,61-,62-,63-,64-,65-,66-,67-,68-,69-,70-,71-,72-,73-,74-,75-/m0/s1. The minimum atomic E-state index is -1.35. The highest BCUT2D eigenvalue weighted by Gasteiger charge is 2.40. The van der Waals surface area contributed by atoms with Crippen molar-refractivity contribution in [2.24, 2.45) is 87.5 Å². The Morgan fingerprint density at radius 1 is 0.170 bits per heavy atom. The SMILES string of the molecule is CC(C)C[C@H](NC(=O)[C@H](C)NC(=O)[C@H](CC(C)C)NC(=O)[C@H](CCCCN)NC(=O)[C@H](CC(C)C)NC(=O)[C@H](CCCCN)NC(=O)[C@H](CC(C)C)NC(=O)[C@H](C)NC(=O)[C@@H](N)CCCCN)C(=O)N[C@@H](C)C(=O)N[C@@H](CC(C)C)C(=O)N[C@@H](CC(C)C)C(=O)N[C@@H](C)C(=O)N[C@@H](CCCCN)C(=O)N[C@@H](CC(C)C)C(=O)N[C@@H](CCCCN)C(=O)N[C@@H](CC(C)C)C(=O)N[C@@H](C)C(N)=O. The van der Waals surface area contributed by atoms with Gasteiger partial charge in [0.2, 0.25) is 106 Å². The van der Waals surface area contributed by atoms with Crippen molar-refractivity contribution < 1.29 is 86.3 Å². The van der Waals surface area contributed by atoms with Crippen molar-refractivity contribution in [1.29, 1.82) is 0 Å². The Bertz CT molecular complexity index is 3700. The zero-order chi connectivity index (χ0) is 103. The number of carbonyl (C=O) groups excluding carboxylic acids is 18. The van der Waals surface area contributed by atoms with Crippen LogP contribution < -0.4 is 131 Å².